The molecule has 1 nitrogen and oxygen atoms in total. The fourth-order valence-electron chi connectivity index (χ4n) is 1.94. The quantitative estimate of drug-likeness (QED) is 0.882. The van der Waals surface area contributed by atoms with Gasteiger partial charge in [0.25, 0.3) is 0 Å². The molecule has 0 fully saturated rings. The standard InChI is InChI=1S/C16H19NS/c1-13-7-9-15(10-8-13)16(18-12-11-17)14-5-3-2-4-6-14/h2-10,16H,11-12,17H2,1H3. The molecule has 0 bridgehead atoms. The first kappa shape index (κ1) is 13.2. The molecule has 1 atom stereocenters. The van der Waals surface area contributed by atoms with Crippen molar-refractivity contribution in [2.45, 2.75) is 12.2 Å². The SMILES string of the molecule is Cc1ccc(C(SCCN)c2ccccc2)cc1. The van der Waals surface area contributed by atoms with Crippen LogP contribution in [0.1, 0.15) is 21.9 Å². The van der Waals surface area contributed by atoms with Gasteiger partial charge in [0.1, 0.15) is 0 Å². The molecule has 0 radical (unpaired) electrons. The molecule has 94 valence electrons. The van der Waals surface area contributed by atoms with Crippen molar-refractivity contribution < 1.29 is 0 Å². The normalized spacial score (nSPS) is 12.3. The van der Waals surface area contributed by atoms with Gasteiger partial charge in [-0.15, -0.1) is 11.8 Å². The van der Waals surface area contributed by atoms with E-state index in [2.05, 4.69) is 61.5 Å². The first-order valence-corrected chi connectivity index (χ1v) is 7.29. The number of aryl methyl sites for hydroxylation is 1. The van der Waals surface area contributed by atoms with Crippen LogP contribution in [0.3, 0.4) is 0 Å². The summed E-state index contributed by atoms with van der Waals surface area (Å²) in [6.07, 6.45) is 0. The molecule has 0 saturated carbocycles. The number of benzene rings is 2. The van der Waals surface area contributed by atoms with Crippen molar-refractivity contribution in [1.29, 1.82) is 0 Å². The zero-order valence-corrected chi connectivity index (χ0v) is 11.5. The van der Waals surface area contributed by atoms with Gasteiger partial charge in [0.15, 0.2) is 0 Å². The van der Waals surface area contributed by atoms with Crippen molar-refractivity contribution in [3.05, 3.63) is 71.3 Å². The summed E-state index contributed by atoms with van der Waals surface area (Å²) in [7, 11) is 0. The van der Waals surface area contributed by atoms with E-state index in [9.17, 15) is 0 Å². The Kier molecular flexibility index (Phi) is 4.85. The molecule has 2 aromatic rings. The smallest absolute Gasteiger partial charge is 0.0547 e. The van der Waals surface area contributed by atoms with Crippen LogP contribution in [0, 0.1) is 6.92 Å². The summed E-state index contributed by atoms with van der Waals surface area (Å²) in [5.74, 6) is 0.980. The summed E-state index contributed by atoms with van der Waals surface area (Å²) in [4.78, 5) is 0. The summed E-state index contributed by atoms with van der Waals surface area (Å²) in [5, 5.41) is 0.385. The number of rotatable bonds is 5. The molecule has 0 heterocycles. The molecule has 0 aliphatic carbocycles. The fraction of sp³-hybridized carbons (Fsp3) is 0.250. The van der Waals surface area contributed by atoms with Crippen LogP contribution in [0.4, 0.5) is 0 Å². The Morgan fingerprint density at radius 3 is 2.17 bits per heavy atom. The van der Waals surface area contributed by atoms with Crippen molar-refractivity contribution >= 4 is 11.8 Å². The van der Waals surface area contributed by atoms with E-state index in [1.54, 1.807) is 0 Å². The second-order valence-corrected chi connectivity index (χ2v) is 5.57. The Morgan fingerprint density at radius 2 is 1.56 bits per heavy atom. The van der Waals surface area contributed by atoms with Gasteiger partial charge < -0.3 is 5.73 Å². The maximum absolute atomic E-state index is 5.64. The topological polar surface area (TPSA) is 26.0 Å². The predicted molar refractivity (Wildman–Crippen MR) is 81.0 cm³/mol. The molecule has 18 heavy (non-hydrogen) atoms. The highest BCUT2D eigenvalue weighted by Crippen LogP contribution is 2.35. The summed E-state index contributed by atoms with van der Waals surface area (Å²) < 4.78 is 0. The molecule has 1 unspecified atom stereocenters. The summed E-state index contributed by atoms with van der Waals surface area (Å²) in [5.41, 5.74) is 9.64. The number of hydrogen-bond acceptors (Lipinski definition) is 2. The Labute approximate surface area is 113 Å². The molecule has 0 saturated heterocycles. The lowest BCUT2D eigenvalue weighted by atomic mass is 10.0. The van der Waals surface area contributed by atoms with Crippen LogP contribution in [0.5, 0.6) is 0 Å². The van der Waals surface area contributed by atoms with E-state index in [1.807, 2.05) is 11.8 Å². The molecular weight excluding hydrogens is 238 g/mol. The van der Waals surface area contributed by atoms with E-state index >= 15 is 0 Å². The predicted octanol–water partition coefficient (Wildman–Crippen LogP) is 3.78. The van der Waals surface area contributed by atoms with Crippen LogP contribution >= 0.6 is 11.8 Å². The minimum Gasteiger partial charge on any atom is -0.330 e. The minimum atomic E-state index is 0.385. The summed E-state index contributed by atoms with van der Waals surface area (Å²) in [6, 6.07) is 19.4. The van der Waals surface area contributed by atoms with Crippen molar-refractivity contribution in [2.75, 3.05) is 12.3 Å². The van der Waals surface area contributed by atoms with E-state index in [1.165, 1.54) is 16.7 Å². The van der Waals surface area contributed by atoms with Gasteiger partial charge >= 0.3 is 0 Å². The molecule has 2 aromatic carbocycles. The monoisotopic (exact) mass is 257 g/mol. The molecule has 0 aliphatic rings. The molecule has 0 aromatic heterocycles. The lowest BCUT2D eigenvalue weighted by Crippen LogP contribution is -2.05. The molecule has 2 N–H and O–H groups in total. The highest BCUT2D eigenvalue weighted by Gasteiger charge is 2.13. The number of nitrogens with two attached hydrogens (primary N) is 1. The average Bonchev–Trinajstić information content (AvgIpc) is 2.42. The average molecular weight is 257 g/mol. The van der Waals surface area contributed by atoms with E-state index in [-0.39, 0.29) is 0 Å². The summed E-state index contributed by atoms with van der Waals surface area (Å²) in [6.45, 7) is 2.84. The van der Waals surface area contributed by atoms with Gasteiger partial charge in [-0.25, -0.2) is 0 Å². The van der Waals surface area contributed by atoms with Crippen LogP contribution in [-0.4, -0.2) is 12.3 Å². The molecule has 0 aliphatic heterocycles. The van der Waals surface area contributed by atoms with E-state index in [0.29, 0.717) is 5.25 Å². The second-order valence-electron chi connectivity index (χ2n) is 4.36. The van der Waals surface area contributed by atoms with E-state index in [4.69, 9.17) is 5.73 Å². The minimum absolute atomic E-state index is 0.385. The second kappa shape index (κ2) is 6.62. The maximum Gasteiger partial charge on any atom is 0.0547 e. The third-order valence-electron chi connectivity index (χ3n) is 2.88. The van der Waals surface area contributed by atoms with Crippen molar-refractivity contribution in [1.82, 2.24) is 0 Å². The molecule has 0 spiro atoms. The van der Waals surface area contributed by atoms with Crippen LogP contribution in [0.15, 0.2) is 54.6 Å². The fourth-order valence-corrected chi connectivity index (χ4v) is 3.01. The Morgan fingerprint density at radius 1 is 0.944 bits per heavy atom. The van der Waals surface area contributed by atoms with Crippen molar-refractivity contribution in [2.24, 2.45) is 5.73 Å². The third kappa shape index (κ3) is 3.37. The first-order valence-electron chi connectivity index (χ1n) is 6.24. The van der Waals surface area contributed by atoms with Gasteiger partial charge in [-0.05, 0) is 18.1 Å². The van der Waals surface area contributed by atoms with E-state index in [0.717, 1.165) is 12.3 Å². The first-order chi connectivity index (χ1) is 8.81. The highest BCUT2D eigenvalue weighted by atomic mass is 32.2. The lowest BCUT2D eigenvalue weighted by molar-refractivity contribution is 1.11. The van der Waals surface area contributed by atoms with Gasteiger partial charge in [-0.3, -0.25) is 0 Å². The Balaban J connectivity index is 2.27. The van der Waals surface area contributed by atoms with Gasteiger partial charge in [0.2, 0.25) is 0 Å². The van der Waals surface area contributed by atoms with Crippen LogP contribution in [0.25, 0.3) is 0 Å². The summed E-state index contributed by atoms with van der Waals surface area (Å²) >= 11 is 1.91. The molecular formula is C16H19NS. The Bertz CT molecular complexity index is 464. The van der Waals surface area contributed by atoms with Gasteiger partial charge in [0.05, 0.1) is 5.25 Å². The van der Waals surface area contributed by atoms with Crippen molar-refractivity contribution in [3.8, 4) is 0 Å². The largest absolute Gasteiger partial charge is 0.330 e. The van der Waals surface area contributed by atoms with Gasteiger partial charge in [-0.1, -0.05) is 60.2 Å². The Hall–Kier alpha value is -1.25. The number of thioether (sulfide) groups is 1. The zero-order chi connectivity index (χ0) is 12.8. The number of hydrogen-bond donors (Lipinski definition) is 1. The highest BCUT2D eigenvalue weighted by molar-refractivity contribution is 7.99. The maximum atomic E-state index is 5.64. The van der Waals surface area contributed by atoms with Gasteiger partial charge in [-0.2, -0.15) is 0 Å². The van der Waals surface area contributed by atoms with Crippen LogP contribution in [0.2, 0.25) is 0 Å². The lowest BCUT2D eigenvalue weighted by Gasteiger charge is -2.17. The molecule has 2 rings (SSSR count). The zero-order valence-electron chi connectivity index (χ0n) is 10.7. The van der Waals surface area contributed by atoms with Crippen LogP contribution < -0.4 is 5.73 Å². The van der Waals surface area contributed by atoms with Crippen molar-refractivity contribution in [3.63, 3.8) is 0 Å². The third-order valence-corrected chi connectivity index (χ3v) is 4.23. The van der Waals surface area contributed by atoms with Gasteiger partial charge in [0, 0.05) is 12.3 Å². The molecule has 2 heteroatoms. The van der Waals surface area contributed by atoms with E-state index < -0.39 is 0 Å². The van der Waals surface area contributed by atoms with Crippen LogP contribution in [-0.2, 0) is 0 Å². The molecule has 0 amide bonds.